The van der Waals surface area contributed by atoms with E-state index in [-0.39, 0.29) is 0 Å². The molecule has 5 rings (SSSR count). The van der Waals surface area contributed by atoms with Crippen LogP contribution in [-0.2, 0) is 6.42 Å². The van der Waals surface area contributed by atoms with Crippen LogP contribution in [0.1, 0.15) is 29.7 Å². The number of aromatic nitrogens is 5. The van der Waals surface area contributed by atoms with Crippen LogP contribution in [0.15, 0.2) is 41.6 Å². The van der Waals surface area contributed by atoms with Gasteiger partial charge in [-0.3, -0.25) is 4.98 Å². The summed E-state index contributed by atoms with van der Waals surface area (Å²) in [5.74, 6) is 0.372. The molecular formula is C19H17N7. The first-order chi connectivity index (χ1) is 12.8. The molecule has 0 amide bonds. The molecule has 3 heterocycles. The average Bonchev–Trinajstić information content (AvgIpc) is 3.03. The summed E-state index contributed by atoms with van der Waals surface area (Å²) in [4.78, 5) is 12.3. The lowest BCUT2D eigenvalue weighted by Crippen LogP contribution is -2.15. The first-order valence-corrected chi connectivity index (χ1v) is 8.67. The summed E-state index contributed by atoms with van der Waals surface area (Å²) < 4.78 is 0. The van der Waals surface area contributed by atoms with Gasteiger partial charge in [0.15, 0.2) is 5.65 Å². The Kier molecular flexibility index (Phi) is 3.38. The Morgan fingerprint density at radius 2 is 2.12 bits per heavy atom. The molecule has 0 fully saturated rings. The number of hydrogen-bond donors (Lipinski definition) is 2. The number of rotatable bonds is 2. The molecule has 2 N–H and O–H groups in total. The normalized spacial score (nSPS) is 15.5. The van der Waals surface area contributed by atoms with E-state index in [1.165, 1.54) is 11.1 Å². The second-order valence-corrected chi connectivity index (χ2v) is 6.54. The van der Waals surface area contributed by atoms with E-state index in [1.807, 2.05) is 12.1 Å². The maximum atomic E-state index is 4.51. The maximum absolute atomic E-state index is 4.51. The van der Waals surface area contributed by atoms with E-state index in [0.29, 0.717) is 11.6 Å². The minimum Gasteiger partial charge on any atom is -0.338 e. The van der Waals surface area contributed by atoms with Crippen molar-refractivity contribution < 1.29 is 0 Å². The Morgan fingerprint density at radius 3 is 3.08 bits per heavy atom. The molecule has 0 unspecified atom stereocenters. The lowest BCUT2D eigenvalue weighted by Gasteiger charge is -2.15. The fourth-order valence-electron chi connectivity index (χ4n) is 3.42. The predicted octanol–water partition coefficient (Wildman–Crippen LogP) is 3.36. The van der Waals surface area contributed by atoms with Crippen LogP contribution in [-0.4, -0.2) is 30.9 Å². The van der Waals surface area contributed by atoms with Crippen LogP contribution in [0, 0.1) is 6.92 Å². The standard InChI is InChI=1S/C19H17N7/c1-11-7-8-14-13(10-11)17-18(21-14)22-19(26-24-17)25-23-15-6-2-4-12-5-3-9-20-16(12)15/h3,5,7-10H,2,4,6H2,1H3,(H2,21,22,25,26)/b23-15+. The number of anilines is 1. The van der Waals surface area contributed by atoms with Crippen molar-refractivity contribution in [3.63, 3.8) is 0 Å². The van der Waals surface area contributed by atoms with Crippen LogP contribution < -0.4 is 5.43 Å². The van der Waals surface area contributed by atoms with E-state index in [2.05, 4.69) is 60.8 Å². The molecule has 0 saturated carbocycles. The molecule has 4 aromatic rings. The molecule has 0 saturated heterocycles. The second-order valence-electron chi connectivity index (χ2n) is 6.54. The van der Waals surface area contributed by atoms with Gasteiger partial charge in [0.05, 0.1) is 11.4 Å². The summed E-state index contributed by atoms with van der Waals surface area (Å²) in [6.07, 6.45) is 4.80. The topological polar surface area (TPSA) is 91.7 Å². The highest BCUT2D eigenvalue weighted by Crippen LogP contribution is 2.24. The van der Waals surface area contributed by atoms with E-state index in [1.54, 1.807) is 6.20 Å². The highest BCUT2D eigenvalue weighted by molar-refractivity contribution is 6.03. The summed E-state index contributed by atoms with van der Waals surface area (Å²) in [5, 5.41) is 14.0. The molecule has 0 aliphatic heterocycles. The summed E-state index contributed by atoms with van der Waals surface area (Å²) in [6, 6.07) is 10.2. The van der Waals surface area contributed by atoms with Crippen molar-refractivity contribution in [2.24, 2.45) is 5.10 Å². The number of hydrazone groups is 1. The van der Waals surface area contributed by atoms with Gasteiger partial charge in [-0.05, 0) is 49.9 Å². The molecule has 7 nitrogen and oxygen atoms in total. The molecule has 0 spiro atoms. The second kappa shape index (κ2) is 5.87. The zero-order valence-corrected chi connectivity index (χ0v) is 14.3. The van der Waals surface area contributed by atoms with E-state index in [9.17, 15) is 0 Å². The van der Waals surface area contributed by atoms with Crippen molar-refractivity contribution in [3.05, 3.63) is 53.3 Å². The quantitative estimate of drug-likeness (QED) is 0.545. The zero-order chi connectivity index (χ0) is 17.5. The molecule has 7 heteroatoms. The van der Waals surface area contributed by atoms with Crippen LogP contribution >= 0.6 is 0 Å². The summed E-state index contributed by atoms with van der Waals surface area (Å²) in [7, 11) is 0. The molecule has 3 aromatic heterocycles. The van der Waals surface area contributed by atoms with Gasteiger partial charge in [-0.2, -0.15) is 10.1 Å². The van der Waals surface area contributed by atoms with Gasteiger partial charge in [0.25, 0.3) is 5.95 Å². The Bertz CT molecular complexity index is 1160. The smallest absolute Gasteiger partial charge is 0.265 e. The van der Waals surface area contributed by atoms with Gasteiger partial charge in [0.2, 0.25) is 0 Å². The van der Waals surface area contributed by atoms with Gasteiger partial charge < -0.3 is 4.98 Å². The van der Waals surface area contributed by atoms with Crippen LogP contribution in [0.2, 0.25) is 0 Å². The molecule has 1 aliphatic carbocycles. The third kappa shape index (κ3) is 2.48. The van der Waals surface area contributed by atoms with E-state index in [4.69, 9.17) is 0 Å². The molecule has 0 radical (unpaired) electrons. The van der Waals surface area contributed by atoms with E-state index in [0.717, 1.165) is 47.1 Å². The average molecular weight is 343 g/mol. The number of pyridine rings is 1. The maximum Gasteiger partial charge on any atom is 0.265 e. The largest absolute Gasteiger partial charge is 0.338 e. The highest BCUT2D eigenvalue weighted by Gasteiger charge is 2.16. The number of nitrogens with one attached hydrogen (secondary N) is 2. The van der Waals surface area contributed by atoms with Crippen molar-refractivity contribution in [2.75, 3.05) is 5.43 Å². The number of benzene rings is 1. The third-order valence-electron chi connectivity index (χ3n) is 4.69. The van der Waals surface area contributed by atoms with E-state index < -0.39 is 0 Å². The van der Waals surface area contributed by atoms with Crippen molar-refractivity contribution >= 4 is 33.7 Å². The van der Waals surface area contributed by atoms with Crippen LogP contribution in [0.4, 0.5) is 5.95 Å². The fourth-order valence-corrected chi connectivity index (χ4v) is 3.42. The van der Waals surface area contributed by atoms with Crippen molar-refractivity contribution in [1.82, 2.24) is 25.1 Å². The summed E-state index contributed by atoms with van der Waals surface area (Å²) >= 11 is 0. The van der Waals surface area contributed by atoms with Gasteiger partial charge in [-0.15, -0.1) is 10.2 Å². The molecular weight excluding hydrogens is 326 g/mol. The molecule has 1 aliphatic rings. The lowest BCUT2D eigenvalue weighted by atomic mass is 9.95. The van der Waals surface area contributed by atoms with Gasteiger partial charge >= 0.3 is 0 Å². The van der Waals surface area contributed by atoms with Gasteiger partial charge in [-0.1, -0.05) is 17.7 Å². The number of aryl methyl sites for hydroxylation is 2. The van der Waals surface area contributed by atoms with Crippen molar-refractivity contribution in [1.29, 1.82) is 0 Å². The molecule has 0 bridgehead atoms. The minimum atomic E-state index is 0.372. The third-order valence-corrected chi connectivity index (χ3v) is 4.69. The summed E-state index contributed by atoms with van der Waals surface area (Å²) in [6.45, 7) is 2.06. The van der Waals surface area contributed by atoms with Crippen molar-refractivity contribution in [3.8, 4) is 0 Å². The van der Waals surface area contributed by atoms with Crippen LogP contribution in [0.25, 0.3) is 22.1 Å². The lowest BCUT2D eigenvalue weighted by molar-refractivity contribution is 0.823. The van der Waals surface area contributed by atoms with E-state index >= 15 is 0 Å². The van der Waals surface area contributed by atoms with Gasteiger partial charge in [-0.25, -0.2) is 5.43 Å². The van der Waals surface area contributed by atoms with Crippen LogP contribution in [0.5, 0.6) is 0 Å². The van der Waals surface area contributed by atoms with Crippen LogP contribution in [0.3, 0.4) is 0 Å². The number of H-pyrrole nitrogens is 1. The number of fused-ring (bicyclic) bond motifs is 4. The molecule has 26 heavy (non-hydrogen) atoms. The Labute approximate surface area is 149 Å². The monoisotopic (exact) mass is 343 g/mol. The number of hydrogen-bond acceptors (Lipinski definition) is 6. The highest BCUT2D eigenvalue weighted by atomic mass is 15.4. The zero-order valence-electron chi connectivity index (χ0n) is 14.3. The molecule has 1 aromatic carbocycles. The minimum absolute atomic E-state index is 0.372. The SMILES string of the molecule is Cc1ccc2[nH]c3nc(N/N=C4\CCCc5cccnc54)nnc3c2c1. The number of aromatic amines is 1. The van der Waals surface area contributed by atoms with Gasteiger partial charge in [0.1, 0.15) is 5.52 Å². The Morgan fingerprint density at radius 1 is 1.15 bits per heavy atom. The Balaban J connectivity index is 1.50. The van der Waals surface area contributed by atoms with Crippen molar-refractivity contribution in [2.45, 2.75) is 26.2 Å². The molecule has 0 atom stereocenters. The van der Waals surface area contributed by atoms with Gasteiger partial charge in [0, 0.05) is 17.1 Å². The molecule has 128 valence electrons. The first-order valence-electron chi connectivity index (χ1n) is 8.67. The first kappa shape index (κ1) is 14.9. The predicted molar refractivity (Wildman–Crippen MR) is 101 cm³/mol. The fraction of sp³-hybridized carbons (Fsp3) is 0.211. The Hall–Kier alpha value is -3.35. The summed E-state index contributed by atoms with van der Waals surface area (Å²) in [5.41, 5.74) is 9.72. The number of nitrogens with zero attached hydrogens (tertiary/aromatic N) is 5.